The Hall–Kier alpha value is -2.24. The molecule has 0 saturated carbocycles. The Morgan fingerprint density at radius 1 is 1.30 bits per heavy atom. The molecule has 3 aromatic rings. The third-order valence-electron chi connectivity index (χ3n) is 3.91. The minimum absolute atomic E-state index is 0.186. The Balaban J connectivity index is 2.09. The summed E-state index contributed by atoms with van der Waals surface area (Å²) in [6.45, 7) is 0. The summed E-state index contributed by atoms with van der Waals surface area (Å²) in [6.07, 6.45) is -2.37. The van der Waals surface area contributed by atoms with Gasteiger partial charge >= 0.3 is 6.18 Å². The van der Waals surface area contributed by atoms with Gasteiger partial charge in [0.25, 0.3) is 0 Å². The van der Waals surface area contributed by atoms with Crippen molar-refractivity contribution in [3.8, 4) is 0 Å². The van der Waals surface area contributed by atoms with Crippen molar-refractivity contribution in [2.75, 3.05) is 7.05 Å². The molecule has 0 spiro atoms. The molecule has 0 aliphatic heterocycles. The van der Waals surface area contributed by atoms with Crippen molar-refractivity contribution in [3.05, 3.63) is 59.3 Å². The van der Waals surface area contributed by atoms with E-state index in [1.165, 1.54) is 29.2 Å². The normalized spacial score (nSPS) is 15.8. The van der Waals surface area contributed by atoms with Gasteiger partial charge in [0, 0.05) is 19.3 Å². The molecule has 0 radical (unpaired) electrons. The van der Waals surface area contributed by atoms with Crippen molar-refractivity contribution in [3.63, 3.8) is 0 Å². The van der Waals surface area contributed by atoms with Crippen LogP contribution in [0.3, 0.4) is 0 Å². The highest BCUT2D eigenvalue weighted by Gasteiger charge is 2.47. The first-order valence-corrected chi connectivity index (χ1v) is 9.24. The van der Waals surface area contributed by atoms with Crippen molar-refractivity contribution in [2.24, 2.45) is 0 Å². The number of hydrogen-bond acceptors (Lipinski definition) is 4. The van der Waals surface area contributed by atoms with Gasteiger partial charge in [-0.1, -0.05) is 17.7 Å². The van der Waals surface area contributed by atoms with E-state index in [0.29, 0.717) is 10.4 Å². The van der Waals surface area contributed by atoms with E-state index in [4.69, 9.17) is 16.4 Å². The van der Waals surface area contributed by atoms with Gasteiger partial charge in [-0.2, -0.15) is 18.3 Å². The second-order valence-electron chi connectivity index (χ2n) is 5.61. The smallest absolute Gasteiger partial charge is 0.236 e. The van der Waals surface area contributed by atoms with Crippen LogP contribution in [0.15, 0.2) is 47.8 Å². The highest BCUT2D eigenvalue weighted by Crippen LogP contribution is 2.40. The summed E-state index contributed by atoms with van der Waals surface area (Å²) in [5, 5.41) is 3.49. The first kappa shape index (κ1) is 19.5. The first-order chi connectivity index (χ1) is 12.5. The molecule has 0 aliphatic rings. The zero-order valence-corrected chi connectivity index (χ0v) is 15.2. The molecule has 1 aromatic carbocycles. The van der Waals surface area contributed by atoms with Gasteiger partial charge in [0.2, 0.25) is 0 Å². The van der Waals surface area contributed by atoms with E-state index in [-0.39, 0.29) is 15.6 Å². The fourth-order valence-electron chi connectivity index (χ4n) is 2.57. The number of benzene rings is 1. The number of aromatic nitrogens is 3. The lowest BCUT2D eigenvalue weighted by molar-refractivity contribution is -0.170. The Morgan fingerprint density at radius 2 is 2.00 bits per heavy atom. The molecule has 1 N–H and O–H groups in total. The summed E-state index contributed by atoms with van der Waals surface area (Å²) in [5.74, 6) is -1.04. The maximum atomic E-state index is 13.7. The summed E-state index contributed by atoms with van der Waals surface area (Å²) < 4.78 is 77.6. The van der Waals surface area contributed by atoms with Gasteiger partial charge in [-0.25, -0.2) is 27.2 Å². The van der Waals surface area contributed by atoms with E-state index in [9.17, 15) is 21.8 Å². The third kappa shape index (κ3) is 3.62. The zero-order chi connectivity index (χ0) is 20.0. The minimum Gasteiger partial charge on any atom is -0.236 e. The molecule has 0 aliphatic carbocycles. The van der Waals surface area contributed by atoms with Crippen LogP contribution >= 0.6 is 11.6 Å². The molecule has 144 valence electrons. The molecule has 0 fully saturated rings. The van der Waals surface area contributed by atoms with E-state index < -0.39 is 33.5 Å². The molecule has 1 unspecified atom stereocenters. The summed E-state index contributed by atoms with van der Waals surface area (Å²) in [4.78, 5) is 3.68. The number of hydrogen-bond donors (Lipinski definition) is 1. The van der Waals surface area contributed by atoms with Crippen molar-refractivity contribution in [1.82, 2.24) is 18.9 Å². The van der Waals surface area contributed by atoms with Crippen LogP contribution in [0.1, 0.15) is 11.6 Å². The number of nitrogens with zero attached hydrogens (tertiary/aromatic N) is 4. The monoisotopic (exact) mass is 421 g/mol. The average Bonchev–Trinajstić information content (AvgIpc) is 3.04. The van der Waals surface area contributed by atoms with Crippen molar-refractivity contribution >= 4 is 27.2 Å². The van der Waals surface area contributed by atoms with Crippen LogP contribution in [0.5, 0.6) is 0 Å². The van der Waals surface area contributed by atoms with Gasteiger partial charge in [0.15, 0.2) is 5.65 Å². The Morgan fingerprint density at radius 3 is 2.63 bits per heavy atom. The Kier molecular flexibility index (Phi) is 4.87. The summed E-state index contributed by atoms with van der Waals surface area (Å²) in [5.41, 5.74) is -0.294. The summed E-state index contributed by atoms with van der Waals surface area (Å²) in [7, 11) is -3.19. The van der Waals surface area contributed by atoms with Crippen LogP contribution in [-0.4, -0.2) is 36.3 Å². The SMILES string of the molecule is CN([C@H](c1ccc(Cl)c(F)c1)C(F)(F)F)S(=N)(=O)c1ccn2ncnc2c1. The predicted molar refractivity (Wildman–Crippen MR) is 90.1 cm³/mol. The fraction of sp³-hybridized carbons (Fsp3) is 0.200. The Labute approximate surface area is 156 Å². The topological polar surface area (TPSA) is 74.4 Å². The van der Waals surface area contributed by atoms with Gasteiger partial charge in [0.1, 0.15) is 28.1 Å². The number of rotatable bonds is 4. The van der Waals surface area contributed by atoms with E-state index in [2.05, 4.69) is 10.1 Å². The van der Waals surface area contributed by atoms with Crippen LogP contribution in [0, 0.1) is 10.6 Å². The molecule has 6 nitrogen and oxygen atoms in total. The van der Waals surface area contributed by atoms with Crippen LogP contribution in [-0.2, 0) is 9.92 Å². The molecule has 2 atom stereocenters. The molecule has 2 aromatic heterocycles. The molecule has 2 heterocycles. The van der Waals surface area contributed by atoms with Crippen molar-refractivity contribution in [2.45, 2.75) is 17.1 Å². The van der Waals surface area contributed by atoms with E-state index in [0.717, 1.165) is 19.2 Å². The van der Waals surface area contributed by atoms with Crippen molar-refractivity contribution < 1.29 is 21.8 Å². The van der Waals surface area contributed by atoms with Gasteiger partial charge in [-0.3, -0.25) is 0 Å². The standard InChI is InChI=1S/C15H12ClF4N5OS/c1-24(14(15(18,19)20)9-2-3-11(16)12(17)6-9)27(21,26)10-4-5-25-13(7-10)22-8-23-25/h2-8,14,21H,1H3/t14-,27?/m1/s1. The van der Waals surface area contributed by atoms with Gasteiger partial charge < -0.3 is 0 Å². The second-order valence-corrected chi connectivity index (χ2v) is 8.12. The van der Waals surface area contributed by atoms with Crippen LogP contribution in [0.25, 0.3) is 5.65 Å². The van der Waals surface area contributed by atoms with Crippen LogP contribution in [0.2, 0.25) is 5.02 Å². The lowest BCUT2D eigenvalue weighted by atomic mass is 10.1. The Bertz CT molecular complexity index is 1100. The van der Waals surface area contributed by atoms with Crippen LogP contribution < -0.4 is 0 Å². The number of alkyl halides is 3. The first-order valence-electron chi connectivity index (χ1n) is 7.34. The van der Waals surface area contributed by atoms with Gasteiger partial charge in [0.05, 0.1) is 9.92 Å². The average molecular weight is 422 g/mol. The number of fused-ring (bicyclic) bond motifs is 1. The largest absolute Gasteiger partial charge is 0.409 e. The third-order valence-corrected chi connectivity index (χ3v) is 6.13. The highest BCUT2D eigenvalue weighted by atomic mass is 35.5. The van der Waals surface area contributed by atoms with E-state index in [1.54, 1.807) is 0 Å². The molecule has 3 rings (SSSR count). The number of halogens is 5. The molecular weight excluding hydrogens is 410 g/mol. The van der Waals surface area contributed by atoms with Crippen molar-refractivity contribution in [1.29, 1.82) is 4.78 Å². The van der Waals surface area contributed by atoms with Crippen LogP contribution in [0.4, 0.5) is 17.6 Å². The highest BCUT2D eigenvalue weighted by molar-refractivity contribution is 7.90. The van der Waals surface area contributed by atoms with Gasteiger partial charge in [-0.15, -0.1) is 0 Å². The van der Waals surface area contributed by atoms with E-state index >= 15 is 0 Å². The maximum Gasteiger partial charge on any atom is 0.409 e. The summed E-state index contributed by atoms with van der Waals surface area (Å²) in [6, 6.07) is 2.54. The minimum atomic E-state index is -4.92. The zero-order valence-electron chi connectivity index (χ0n) is 13.6. The molecule has 12 heteroatoms. The summed E-state index contributed by atoms with van der Waals surface area (Å²) >= 11 is 5.53. The molecule has 0 bridgehead atoms. The lowest BCUT2D eigenvalue weighted by Gasteiger charge is -2.31. The number of nitrogens with one attached hydrogen (secondary N) is 1. The molecular formula is C15H12ClF4N5OS. The van der Waals surface area contributed by atoms with E-state index in [1.807, 2.05) is 0 Å². The molecule has 0 saturated heterocycles. The maximum absolute atomic E-state index is 13.7. The quantitative estimate of drug-likeness (QED) is 0.645. The number of pyridine rings is 1. The molecule has 0 amide bonds. The lowest BCUT2D eigenvalue weighted by Crippen LogP contribution is -2.39. The van der Waals surface area contributed by atoms with Gasteiger partial charge in [-0.05, 0) is 23.8 Å². The second kappa shape index (κ2) is 6.73. The molecule has 27 heavy (non-hydrogen) atoms. The predicted octanol–water partition coefficient (Wildman–Crippen LogP) is 4.08. The fourth-order valence-corrected chi connectivity index (χ4v) is 4.07.